The minimum absolute atomic E-state index is 0.0242. The summed E-state index contributed by atoms with van der Waals surface area (Å²) in [5.41, 5.74) is 0. The fourth-order valence-corrected chi connectivity index (χ4v) is 3.67. The van der Waals surface area contributed by atoms with Gasteiger partial charge in [0.15, 0.2) is 6.29 Å². The summed E-state index contributed by atoms with van der Waals surface area (Å²) in [5.74, 6) is 0.733. The Kier molecular flexibility index (Phi) is 5.32. The number of methoxy groups -OCH3 is 1. The smallest absolute Gasteiger partial charge is 0.184 e. The van der Waals surface area contributed by atoms with Crippen molar-refractivity contribution in [2.24, 2.45) is 5.92 Å². The molecule has 2 aliphatic heterocycles. The lowest BCUT2D eigenvalue weighted by atomic mass is 9.91. The predicted octanol–water partition coefficient (Wildman–Crippen LogP) is 2.89. The Morgan fingerprint density at radius 2 is 1.75 bits per heavy atom. The zero-order valence-corrected chi connectivity index (χ0v) is 12.6. The van der Waals surface area contributed by atoms with Crippen molar-refractivity contribution in [1.82, 2.24) is 0 Å². The van der Waals surface area contributed by atoms with E-state index >= 15 is 0 Å². The summed E-state index contributed by atoms with van der Waals surface area (Å²) in [4.78, 5) is 0. The number of hydrogen-bond donors (Lipinski definition) is 0. The molecule has 3 rings (SSSR count). The molecule has 2 saturated heterocycles. The van der Waals surface area contributed by atoms with Gasteiger partial charge in [0, 0.05) is 20.1 Å². The third-order valence-electron chi connectivity index (χ3n) is 4.99. The molecule has 3 fully saturated rings. The average molecular weight is 284 g/mol. The maximum Gasteiger partial charge on any atom is 0.184 e. The Balaban J connectivity index is 1.47. The van der Waals surface area contributed by atoms with Gasteiger partial charge in [-0.3, -0.25) is 0 Å². The first-order chi connectivity index (χ1) is 9.86. The van der Waals surface area contributed by atoms with E-state index < -0.39 is 0 Å². The number of hydrogen-bond acceptors (Lipinski definition) is 4. The lowest BCUT2D eigenvalue weighted by Gasteiger charge is -2.33. The van der Waals surface area contributed by atoms with E-state index in [0.29, 0.717) is 6.61 Å². The molecule has 1 unspecified atom stereocenters. The summed E-state index contributed by atoms with van der Waals surface area (Å²) in [6.07, 6.45) is 10.6. The summed E-state index contributed by atoms with van der Waals surface area (Å²) >= 11 is 0. The van der Waals surface area contributed by atoms with Gasteiger partial charge >= 0.3 is 0 Å². The molecule has 0 spiro atoms. The van der Waals surface area contributed by atoms with Crippen LogP contribution in [0.15, 0.2) is 0 Å². The Labute approximate surface area is 122 Å². The van der Waals surface area contributed by atoms with Crippen molar-refractivity contribution in [2.45, 2.75) is 76.0 Å². The van der Waals surface area contributed by atoms with E-state index in [1.54, 1.807) is 7.11 Å². The molecule has 0 N–H and O–H groups in total. The summed E-state index contributed by atoms with van der Waals surface area (Å²) < 4.78 is 23.1. The van der Waals surface area contributed by atoms with E-state index in [1.807, 2.05) is 0 Å². The summed E-state index contributed by atoms with van der Waals surface area (Å²) in [5, 5.41) is 0. The first kappa shape index (κ1) is 14.8. The topological polar surface area (TPSA) is 36.9 Å². The average Bonchev–Trinajstić information content (AvgIpc) is 2.84. The van der Waals surface area contributed by atoms with Crippen LogP contribution in [0.25, 0.3) is 0 Å². The van der Waals surface area contributed by atoms with Gasteiger partial charge in [0.05, 0.1) is 12.7 Å². The van der Waals surface area contributed by atoms with Crippen LogP contribution in [0.4, 0.5) is 0 Å². The molecule has 4 atom stereocenters. The van der Waals surface area contributed by atoms with Crippen molar-refractivity contribution in [3.8, 4) is 0 Å². The van der Waals surface area contributed by atoms with Gasteiger partial charge in [-0.05, 0) is 18.8 Å². The standard InChI is InChI=1S/C16H28O4/c1-17-14-9-13(15-11-19-16(14)20-15)18-10-12-7-5-3-2-4-6-8-12/h12-16H,2-11H2,1H3/t13-,14+,15+,16?/m0/s1. The van der Waals surface area contributed by atoms with Crippen LogP contribution >= 0.6 is 0 Å². The fourth-order valence-electron chi connectivity index (χ4n) is 3.67. The molecule has 2 bridgehead atoms. The zero-order valence-electron chi connectivity index (χ0n) is 12.6. The van der Waals surface area contributed by atoms with Gasteiger partial charge in [0.2, 0.25) is 0 Å². The van der Waals surface area contributed by atoms with E-state index in [2.05, 4.69) is 0 Å². The monoisotopic (exact) mass is 284 g/mol. The van der Waals surface area contributed by atoms with Crippen molar-refractivity contribution in [3.63, 3.8) is 0 Å². The molecule has 0 aromatic carbocycles. The second-order valence-corrected chi connectivity index (χ2v) is 6.47. The minimum Gasteiger partial charge on any atom is -0.376 e. The Bertz CT molecular complexity index is 288. The SMILES string of the molecule is CO[C@@H]1C[C@H](OCC2CCCCCCC2)[C@H]2COC1O2. The molecule has 0 radical (unpaired) electrons. The second kappa shape index (κ2) is 7.21. The molecule has 20 heavy (non-hydrogen) atoms. The molecule has 0 aromatic rings. The lowest BCUT2D eigenvalue weighted by molar-refractivity contribution is -0.201. The highest BCUT2D eigenvalue weighted by Gasteiger charge is 2.44. The maximum absolute atomic E-state index is 6.20. The maximum atomic E-state index is 6.20. The molecule has 4 nitrogen and oxygen atoms in total. The van der Waals surface area contributed by atoms with Gasteiger partial charge < -0.3 is 18.9 Å². The van der Waals surface area contributed by atoms with E-state index in [4.69, 9.17) is 18.9 Å². The zero-order chi connectivity index (χ0) is 13.8. The predicted molar refractivity (Wildman–Crippen MR) is 75.6 cm³/mol. The van der Waals surface area contributed by atoms with E-state index in [1.165, 1.54) is 44.9 Å². The Morgan fingerprint density at radius 1 is 1.00 bits per heavy atom. The van der Waals surface area contributed by atoms with E-state index in [9.17, 15) is 0 Å². The molecule has 116 valence electrons. The fraction of sp³-hybridized carbons (Fsp3) is 1.00. The number of fused-ring (bicyclic) bond motifs is 2. The first-order valence-corrected chi connectivity index (χ1v) is 8.28. The summed E-state index contributed by atoms with van der Waals surface area (Å²) in [7, 11) is 1.72. The first-order valence-electron chi connectivity index (χ1n) is 8.28. The van der Waals surface area contributed by atoms with Gasteiger partial charge in [-0.25, -0.2) is 0 Å². The van der Waals surface area contributed by atoms with Crippen LogP contribution in [0.3, 0.4) is 0 Å². The van der Waals surface area contributed by atoms with Crippen LogP contribution in [0.1, 0.15) is 51.4 Å². The Morgan fingerprint density at radius 3 is 2.50 bits per heavy atom. The Hall–Kier alpha value is -0.160. The molecule has 1 saturated carbocycles. The molecule has 0 amide bonds. The molecule has 1 aliphatic carbocycles. The van der Waals surface area contributed by atoms with Gasteiger partial charge in [-0.2, -0.15) is 0 Å². The summed E-state index contributed by atoms with van der Waals surface area (Å²) in [6, 6.07) is 0. The molecule has 4 heteroatoms. The normalized spacial score (nSPS) is 39.5. The molecule has 0 aromatic heterocycles. The highest BCUT2D eigenvalue weighted by atomic mass is 16.7. The van der Waals surface area contributed by atoms with Crippen molar-refractivity contribution >= 4 is 0 Å². The van der Waals surface area contributed by atoms with Crippen molar-refractivity contribution in [1.29, 1.82) is 0 Å². The van der Waals surface area contributed by atoms with Gasteiger partial charge in [0.1, 0.15) is 12.2 Å². The van der Waals surface area contributed by atoms with Crippen LogP contribution in [0.5, 0.6) is 0 Å². The molecule has 2 heterocycles. The van der Waals surface area contributed by atoms with Crippen molar-refractivity contribution < 1.29 is 18.9 Å². The summed E-state index contributed by atoms with van der Waals surface area (Å²) in [6.45, 7) is 1.53. The van der Waals surface area contributed by atoms with Crippen LogP contribution < -0.4 is 0 Å². The van der Waals surface area contributed by atoms with E-state index in [0.717, 1.165) is 18.9 Å². The van der Waals surface area contributed by atoms with Crippen LogP contribution in [-0.4, -0.2) is 44.9 Å². The molecular formula is C16H28O4. The quantitative estimate of drug-likeness (QED) is 0.795. The highest BCUT2D eigenvalue weighted by Crippen LogP contribution is 2.32. The van der Waals surface area contributed by atoms with Crippen LogP contribution in [0.2, 0.25) is 0 Å². The van der Waals surface area contributed by atoms with Crippen LogP contribution in [0, 0.1) is 5.92 Å². The minimum atomic E-state index is -0.175. The van der Waals surface area contributed by atoms with Gasteiger partial charge in [0.25, 0.3) is 0 Å². The van der Waals surface area contributed by atoms with Gasteiger partial charge in [-0.15, -0.1) is 0 Å². The number of ether oxygens (including phenoxy) is 4. The highest BCUT2D eigenvalue weighted by molar-refractivity contribution is 4.87. The largest absolute Gasteiger partial charge is 0.376 e. The lowest BCUT2D eigenvalue weighted by Crippen LogP contribution is -2.44. The van der Waals surface area contributed by atoms with E-state index in [-0.39, 0.29) is 24.6 Å². The second-order valence-electron chi connectivity index (χ2n) is 6.47. The number of rotatable bonds is 4. The third kappa shape index (κ3) is 3.53. The van der Waals surface area contributed by atoms with Crippen LogP contribution in [-0.2, 0) is 18.9 Å². The molecular weight excluding hydrogens is 256 g/mol. The third-order valence-corrected chi connectivity index (χ3v) is 4.99. The van der Waals surface area contributed by atoms with Gasteiger partial charge in [-0.1, -0.05) is 32.1 Å². The molecule has 3 aliphatic rings. The van der Waals surface area contributed by atoms with Crippen molar-refractivity contribution in [2.75, 3.05) is 20.3 Å². The van der Waals surface area contributed by atoms with Crippen molar-refractivity contribution in [3.05, 3.63) is 0 Å².